The lowest BCUT2D eigenvalue weighted by molar-refractivity contribution is -0.0754. The molecule has 0 amide bonds. The van der Waals surface area contributed by atoms with Gasteiger partial charge in [0.15, 0.2) is 0 Å². The SMILES string of the molecule is Cc1ncc(CNOC(C)(C)C)s1. The molecule has 0 bridgehead atoms. The van der Waals surface area contributed by atoms with Crippen LogP contribution in [0.25, 0.3) is 0 Å². The topological polar surface area (TPSA) is 34.2 Å². The molecule has 0 atom stereocenters. The van der Waals surface area contributed by atoms with E-state index in [1.807, 2.05) is 33.9 Å². The molecule has 13 heavy (non-hydrogen) atoms. The van der Waals surface area contributed by atoms with Crippen LogP contribution in [0.2, 0.25) is 0 Å². The predicted molar refractivity (Wildman–Crippen MR) is 54.5 cm³/mol. The zero-order chi connectivity index (χ0) is 9.90. The van der Waals surface area contributed by atoms with Crippen molar-refractivity contribution in [2.75, 3.05) is 0 Å². The highest BCUT2D eigenvalue weighted by molar-refractivity contribution is 7.11. The summed E-state index contributed by atoms with van der Waals surface area (Å²) in [6.45, 7) is 8.76. The highest BCUT2D eigenvalue weighted by Gasteiger charge is 2.09. The molecule has 0 aliphatic carbocycles. The molecule has 74 valence electrons. The number of thiazole rings is 1. The van der Waals surface area contributed by atoms with E-state index in [1.165, 1.54) is 4.88 Å². The van der Waals surface area contributed by atoms with Crippen molar-refractivity contribution in [2.45, 2.75) is 39.8 Å². The molecule has 0 radical (unpaired) electrons. The summed E-state index contributed by atoms with van der Waals surface area (Å²) in [6.07, 6.45) is 1.87. The van der Waals surface area contributed by atoms with Crippen LogP contribution in [0.4, 0.5) is 0 Å². The van der Waals surface area contributed by atoms with Gasteiger partial charge in [-0.15, -0.1) is 11.3 Å². The molecule has 0 spiro atoms. The predicted octanol–water partition coefficient (Wildman–Crippen LogP) is 2.27. The summed E-state index contributed by atoms with van der Waals surface area (Å²) in [5.74, 6) is 0. The van der Waals surface area contributed by atoms with Crippen molar-refractivity contribution >= 4 is 11.3 Å². The van der Waals surface area contributed by atoms with Gasteiger partial charge in [-0.05, 0) is 27.7 Å². The second-order valence-electron chi connectivity index (χ2n) is 3.88. The average Bonchev–Trinajstić information content (AvgIpc) is 2.33. The maximum atomic E-state index is 5.37. The number of aryl methyl sites for hydroxylation is 1. The number of hydroxylamine groups is 1. The summed E-state index contributed by atoms with van der Waals surface area (Å²) in [4.78, 5) is 10.7. The molecule has 0 aromatic carbocycles. The van der Waals surface area contributed by atoms with Crippen LogP contribution in [-0.2, 0) is 11.4 Å². The zero-order valence-electron chi connectivity index (χ0n) is 8.55. The lowest BCUT2D eigenvalue weighted by Gasteiger charge is -2.18. The Hall–Kier alpha value is -0.450. The second-order valence-corrected chi connectivity index (χ2v) is 5.20. The first-order valence-corrected chi connectivity index (χ1v) is 5.11. The molecule has 4 heteroatoms. The first kappa shape index (κ1) is 10.6. The van der Waals surface area contributed by atoms with Crippen LogP contribution in [0.15, 0.2) is 6.20 Å². The van der Waals surface area contributed by atoms with Gasteiger partial charge in [0.2, 0.25) is 0 Å². The van der Waals surface area contributed by atoms with Crippen LogP contribution in [0.3, 0.4) is 0 Å². The Labute approximate surface area is 83.1 Å². The second kappa shape index (κ2) is 4.17. The van der Waals surface area contributed by atoms with E-state index in [9.17, 15) is 0 Å². The van der Waals surface area contributed by atoms with E-state index in [4.69, 9.17) is 4.84 Å². The van der Waals surface area contributed by atoms with Crippen LogP contribution in [-0.4, -0.2) is 10.6 Å². The van der Waals surface area contributed by atoms with Gasteiger partial charge in [0.25, 0.3) is 0 Å². The van der Waals surface area contributed by atoms with Crippen molar-refractivity contribution < 1.29 is 4.84 Å². The third-order valence-corrected chi connectivity index (χ3v) is 2.21. The first-order chi connectivity index (χ1) is 5.97. The molecular weight excluding hydrogens is 184 g/mol. The molecule has 0 aliphatic rings. The lowest BCUT2D eigenvalue weighted by Crippen LogP contribution is -2.28. The molecule has 1 heterocycles. The van der Waals surface area contributed by atoms with E-state index >= 15 is 0 Å². The van der Waals surface area contributed by atoms with Crippen molar-refractivity contribution in [1.29, 1.82) is 0 Å². The fourth-order valence-corrected chi connectivity index (χ4v) is 1.53. The van der Waals surface area contributed by atoms with E-state index in [0.29, 0.717) is 0 Å². The molecule has 1 aromatic heterocycles. The summed E-state index contributed by atoms with van der Waals surface area (Å²) in [5, 5.41) is 1.09. The standard InChI is InChI=1S/C9H16N2OS/c1-7-10-5-8(13-7)6-11-12-9(2,3)4/h5,11H,6H2,1-4H3. The highest BCUT2D eigenvalue weighted by Crippen LogP contribution is 2.11. The molecular formula is C9H16N2OS. The minimum Gasteiger partial charge on any atom is -0.296 e. The maximum Gasteiger partial charge on any atom is 0.0897 e. The van der Waals surface area contributed by atoms with Crippen molar-refractivity contribution in [1.82, 2.24) is 10.5 Å². The first-order valence-electron chi connectivity index (χ1n) is 4.29. The normalized spacial score (nSPS) is 12.0. The Morgan fingerprint density at radius 1 is 1.54 bits per heavy atom. The van der Waals surface area contributed by atoms with Crippen molar-refractivity contribution in [3.05, 3.63) is 16.1 Å². The van der Waals surface area contributed by atoms with Crippen LogP contribution >= 0.6 is 11.3 Å². The van der Waals surface area contributed by atoms with E-state index in [2.05, 4.69) is 10.5 Å². The largest absolute Gasteiger partial charge is 0.296 e. The zero-order valence-corrected chi connectivity index (χ0v) is 9.36. The Morgan fingerprint density at radius 2 is 2.23 bits per heavy atom. The minimum atomic E-state index is -0.139. The quantitative estimate of drug-likeness (QED) is 0.760. The molecule has 0 saturated heterocycles. The van der Waals surface area contributed by atoms with Gasteiger partial charge in [0.1, 0.15) is 0 Å². The number of nitrogens with zero attached hydrogens (tertiary/aromatic N) is 1. The molecule has 3 nitrogen and oxygen atoms in total. The number of hydrogen-bond donors (Lipinski definition) is 1. The van der Waals surface area contributed by atoms with E-state index in [1.54, 1.807) is 11.3 Å². The number of hydrogen-bond acceptors (Lipinski definition) is 4. The summed E-state index contributed by atoms with van der Waals surface area (Å²) < 4.78 is 0. The van der Waals surface area contributed by atoms with Crippen LogP contribution in [0.1, 0.15) is 30.7 Å². The monoisotopic (exact) mass is 200 g/mol. The van der Waals surface area contributed by atoms with Gasteiger partial charge < -0.3 is 0 Å². The number of nitrogens with one attached hydrogen (secondary N) is 1. The summed E-state index contributed by atoms with van der Waals surface area (Å²) >= 11 is 1.68. The Bertz CT molecular complexity index is 265. The van der Waals surface area contributed by atoms with Gasteiger partial charge >= 0.3 is 0 Å². The molecule has 0 fully saturated rings. The van der Waals surface area contributed by atoms with Gasteiger partial charge in [-0.2, -0.15) is 5.48 Å². The molecule has 0 unspecified atom stereocenters. The Morgan fingerprint density at radius 3 is 2.69 bits per heavy atom. The maximum absolute atomic E-state index is 5.37. The Kier molecular flexibility index (Phi) is 3.41. The fourth-order valence-electron chi connectivity index (χ4n) is 0.811. The smallest absolute Gasteiger partial charge is 0.0897 e. The molecule has 0 saturated carbocycles. The van der Waals surface area contributed by atoms with Gasteiger partial charge in [-0.3, -0.25) is 4.84 Å². The van der Waals surface area contributed by atoms with E-state index in [-0.39, 0.29) is 5.60 Å². The number of rotatable bonds is 3. The third kappa shape index (κ3) is 4.36. The number of aromatic nitrogens is 1. The summed E-state index contributed by atoms with van der Waals surface area (Å²) in [6, 6.07) is 0. The van der Waals surface area contributed by atoms with Crippen LogP contribution in [0, 0.1) is 6.92 Å². The van der Waals surface area contributed by atoms with Crippen molar-refractivity contribution in [3.8, 4) is 0 Å². The highest BCUT2D eigenvalue weighted by atomic mass is 32.1. The van der Waals surface area contributed by atoms with Gasteiger partial charge in [-0.25, -0.2) is 4.98 Å². The molecule has 1 rings (SSSR count). The lowest BCUT2D eigenvalue weighted by atomic mass is 10.2. The van der Waals surface area contributed by atoms with E-state index in [0.717, 1.165) is 11.6 Å². The van der Waals surface area contributed by atoms with Gasteiger partial charge in [0.05, 0.1) is 17.2 Å². The van der Waals surface area contributed by atoms with Crippen molar-refractivity contribution in [2.24, 2.45) is 0 Å². The van der Waals surface area contributed by atoms with E-state index < -0.39 is 0 Å². The molecule has 0 aliphatic heterocycles. The minimum absolute atomic E-state index is 0.139. The third-order valence-electron chi connectivity index (χ3n) is 1.29. The van der Waals surface area contributed by atoms with Gasteiger partial charge in [0, 0.05) is 11.1 Å². The van der Waals surface area contributed by atoms with Crippen molar-refractivity contribution in [3.63, 3.8) is 0 Å². The Balaban J connectivity index is 2.28. The summed E-state index contributed by atoms with van der Waals surface area (Å²) in [5.41, 5.74) is 2.79. The van der Waals surface area contributed by atoms with Crippen LogP contribution < -0.4 is 5.48 Å². The van der Waals surface area contributed by atoms with Gasteiger partial charge in [-0.1, -0.05) is 0 Å². The fraction of sp³-hybridized carbons (Fsp3) is 0.667. The molecule has 1 aromatic rings. The van der Waals surface area contributed by atoms with Crippen LogP contribution in [0.5, 0.6) is 0 Å². The molecule has 1 N–H and O–H groups in total. The average molecular weight is 200 g/mol. The summed E-state index contributed by atoms with van der Waals surface area (Å²) in [7, 11) is 0.